The van der Waals surface area contributed by atoms with E-state index in [1.807, 2.05) is 6.07 Å². The van der Waals surface area contributed by atoms with Crippen molar-refractivity contribution in [3.05, 3.63) is 59.4 Å². The van der Waals surface area contributed by atoms with E-state index in [9.17, 15) is 9.18 Å². The fraction of sp³-hybridized carbons (Fsp3) is 0.263. The number of amides is 1. The Bertz CT molecular complexity index is 791. The molecule has 1 aliphatic rings. The van der Waals surface area contributed by atoms with Gasteiger partial charge in [0.1, 0.15) is 5.82 Å². The third-order valence-electron chi connectivity index (χ3n) is 4.17. The summed E-state index contributed by atoms with van der Waals surface area (Å²) in [5.74, 6) is -0.901. The average molecular weight is 323 g/mol. The van der Waals surface area contributed by atoms with Gasteiger partial charge in [-0.25, -0.2) is 4.39 Å². The van der Waals surface area contributed by atoms with E-state index in [-0.39, 0.29) is 5.69 Å². The number of carbonyl (C=O) groups excluding carboxylic acids is 1. The molecule has 0 aromatic heterocycles. The Morgan fingerprint density at radius 2 is 1.92 bits per heavy atom. The number of nitriles is 1. The smallest absolute Gasteiger partial charge is 0.255 e. The summed E-state index contributed by atoms with van der Waals surface area (Å²) in [6.07, 6.45) is 3.47. The highest BCUT2D eigenvalue weighted by Gasteiger charge is 2.15. The monoisotopic (exact) mass is 323 g/mol. The van der Waals surface area contributed by atoms with Crippen LogP contribution in [0.1, 0.15) is 35.2 Å². The van der Waals surface area contributed by atoms with Gasteiger partial charge >= 0.3 is 0 Å². The number of carbonyl (C=O) groups is 1. The van der Waals surface area contributed by atoms with Crippen LogP contribution < -0.4 is 10.2 Å². The molecule has 2 aromatic rings. The molecule has 0 spiro atoms. The third-order valence-corrected chi connectivity index (χ3v) is 4.17. The van der Waals surface area contributed by atoms with E-state index in [4.69, 9.17) is 5.26 Å². The Kier molecular flexibility index (Phi) is 4.76. The molecule has 0 atom stereocenters. The van der Waals surface area contributed by atoms with Crippen LogP contribution in [-0.4, -0.2) is 19.0 Å². The van der Waals surface area contributed by atoms with Gasteiger partial charge in [-0.1, -0.05) is 6.07 Å². The van der Waals surface area contributed by atoms with Crippen molar-refractivity contribution in [1.29, 1.82) is 5.26 Å². The van der Waals surface area contributed by atoms with E-state index in [1.54, 1.807) is 30.3 Å². The molecule has 1 amide bonds. The molecular weight excluding hydrogens is 305 g/mol. The lowest BCUT2D eigenvalue weighted by atomic mass is 10.1. The summed E-state index contributed by atoms with van der Waals surface area (Å²) in [6, 6.07) is 13.1. The first-order valence-corrected chi connectivity index (χ1v) is 8.03. The van der Waals surface area contributed by atoms with Crippen molar-refractivity contribution in [2.45, 2.75) is 19.3 Å². The average Bonchev–Trinajstić information content (AvgIpc) is 2.64. The molecule has 1 N–H and O–H groups in total. The van der Waals surface area contributed by atoms with Crippen molar-refractivity contribution in [3.63, 3.8) is 0 Å². The van der Waals surface area contributed by atoms with Gasteiger partial charge < -0.3 is 10.2 Å². The molecule has 0 bridgehead atoms. The number of rotatable bonds is 3. The molecule has 0 aliphatic carbocycles. The normalized spacial score (nSPS) is 14.1. The molecule has 0 saturated carbocycles. The molecular formula is C19H18FN3O. The zero-order valence-electron chi connectivity index (χ0n) is 13.3. The topological polar surface area (TPSA) is 56.1 Å². The van der Waals surface area contributed by atoms with Crippen LogP contribution in [-0.2, 0) is 0 Å². The molecule has 0 radical (unpaired) electrons. The lowest BCUT2D eigenvalue weighted by molar-refractivity contribution is 0.102. The van der Waals surface area contributed by atoms with Crippen LogP contribution in [0.3, 0.4) is 0 Å². The molecule has 1 aliphatic heterocycles. The number of hydrogen-bond acceptors (Lipinski definition) is 3. The van der Waals surface area contributed by atoms with Crippen molar-refractivity contribution in [2.24, 2.45) is 0 Å². The highest BCUT2D eigenvalue weighted by molar-refractivity contribution is 6.04. The van der Waals surface area contributed by atoms with E-state index in [1.165, 1.54) is 18.6 Å². The van der Waals surface area contributed by atoms with Crippen LogP contribution >= 0.6 is 0 Å². The van der Waals surface area contributed by atoms with Crippen LogP contribution in [0.4, 0.5) is 15.8 Å². The van der Waals surface area contributed by atoms with Crippen LogP contribution in [0.2, 0.25) is 0 Å². The SMILES string of the molecule is N#Cc1cccc(C(=O)Nc2cc(N3CCCCC3)ccc2F)c1. The van der Waals surface area contributed by atoms with Crippen LogP contribution in [0.25, 0.3) is 0 Å². The Morgan fingerprint density at radius 3 is 2.67 bits per heavy atom. The minimum atomic E-state index is -0.472. The van der Waals surface area contributed by atoms with Crippen LogP contribution in [0, 0.1) is 17.1 Å². The van der Waals surface area contributed by atoms with Gasteiger partial charge in [-0.3, -0.25) is 4.79 Å². The number of nitrogens with zero attached hydrogens (tertiary/aromatic N) is 2. The maximum Gasteiger partial charge on any atom is 0.255 e. The van der Waals surface area contributed by atoms with E-state index < -0.39 is 11.7 Å². The fourth-order valence-corrected chi connectivity index (χ4v) is 2.88. The van der Waals surface area contributed by atoms with Gasteiger partial charge in [0, 0.05) is 24.3 Å². The predicted molar refractivity (Wildman–Crippen MR) is 91.6 cm³/mol. The Hall–Kier alpha value is -2.87. The van der Waals surface area contributed by atoms with E-state index >= 15 is 0 Å². The quantitative estimate of drug-likeness (QED) is 0.931. The highest BCUT2D eigenvalue weighted by atomic mass is 19.1. The van der Waals surface area contributed by atoms with Gasteiger partial charge in [0.15, 0.2) is 0 Å². The summed E-state index contributed by atoms with van der Waals surface area (Å²) < 4.78 is 14.1. The number of anilines is 2. The minimum Gasteiger partial charge on any atom is -0.371 e. The third kappa shape index (κ3) is 3.54. The second kappa shape index (κ2) is 7.14. The summed E-state index contributed by atoms with van der Waals surface area (Å²) in [5, 5.41) is 11.5. The van der Waals surface area contributed by atoms with Crippen molar-refractivity contribution in [2.75, 3.05) is 23.3 Å². The van der Waals surface area contributed by atoms with Gasteiger partial charge in [0.2, 0.25) is 0 Å². The van der Waals surface area contributed by atoms with Crippen molar-refractivity contribution in [3.8, 4) is 6.07 Å². The molecule has 4 nitrogen and oxygen atoms in total. The largest absolute Gasteiger partial charge is 0.371 e. The first-order chi connectivity index (χ1) is 11.7. The number of hydrogen-bond donors (Lipinski definition) is 1. The zero-order valence-corrected chi connectivity index (χ0v) is 13.3. The molecule has 1 fully saturated rings. The zero-order chi connectivity index (χ0) is 16.9. The van der Waals surface area contributed by atoms with Crippen LogP contribution in [0.15, 0.2) is 42.5 Å². The van der Waals surface area contributed by atoms with Crippen molar-refractivity contribution < 1.29 is 9.18 Å². The molecule has 0 unspecified atom stereocenters. The summed E-state index contributed by atoms with van der Waals surface area (Å²) >= 11 is 0. The number of nitrogens with one attached hydrogen (secondary N) is 1. The molecule has 1 saturated heterocycles. The Labute approximate surface area is 140 Å². The summed E-state index contributed by atoms with van der Waals surface area (Å²) in [7, 11) is 0. The second-order valence-corrected chi connectivity index (χ2v) is 5.86. The van der Waals surface area contributed by atoms with Gasteiger partial charge in [-0.2, -0.15) is 5.26 Å². The molecule has 3 rings (SSSR count). The molecule has 2 aromatic carbocycles. The fourth-order valence-electron chi connectivity index (χ4n) is 2.88. The maximum absolute atomic E-state index is 14.1. The minimum absolute atomic E-state index is 0.158. The Morgan fingerprint density at radius 1 is 1.12 bits per heavy atom. The van der Waals surface area contributed by atoms with Gasteiger partial charge in [-0.15, -0.1) is 0 Å². The molecule has 24 heavy (non-hydrogen) atoms. The Balaban J connectivity index is 1.81. The number of benzene rings is 2. The molecule has 1 heterocycles. The van der Waals surface area contributed by atoms with E-state index in [0.29, 0.717) is 11.1 Å². The van der Waals surface area contributed by atoms with Gasteiger partial charge in [0.25, 0.3) is 5.91 Å². The standard InChI is InChI=1S/C19H18FN3O/c20-17-8-7-16(23-9-2-1-3-10-23)12-18(17)22-19(24)15-6-4-5-14(11-15)13-21/h4-8,11-12H,1-3,9-10H2,(H,22,24). The summed E-state index contributed by atoms with van der Waals surface area (Å²) in [5.41, 5.74) is 1.80. The predicted octanol–water partition coefficient (Wildman–Crippen LogP) is 3.94. The van der Waals surface area contributed by atoms with E-state index in [0.717, 1.165) is 31.6 Å². The molecule has 122 valence electrons. The van der Waals surface area contributed by atoms with Gasteiger partial charge in [0.05, 0.1) is 17.3 Å². The van der Waals surface area contributed by atoms with Crippen molar-refractivity contribution in [1.82, 2.24) is 0 Å². The van der Waals surface area contributed by atoms with Crippen LogP contribution in [0.5, 0.6) is 0 Å². The summed E-state index contributed by atoms with van der Waals surface area (Å²) in [6.45, 7) is 1.90. The maximum atomic E-state index is 14.1. The number of piperidine rings is 1. The first-order valence-electron chi connectivity index (χ1n) is 8.03. The number of halogens is 1. The van der Waals surface area contributed by atoms with Crippen molar-refractivity contribution >= 4 is 17.3 Å². The second-order valence-electron chi connectivity index (χ2n) is 5.86. The van der Waals surface area contributed by atoms with E-state index in [2.05, 4.69) is 10.2 Å². The summed E-state index contributed by atoms with van der Waals surface area (Å²) in [4.78, 5) is 14.5. The lowest BCUT2D eigenvalue weighted by Gasteiger charge is -2.29. The molecule has 5 heteroatoms. The lowest BCUT2D eigenvalue weighted by Crippen LogP contribution is -2.29. The highest BCUT2D eigenvalue weighted by Crippen LogP contribution is 2.25. The van der Waals surface area contributed by atoms with Gasteiger partial charge in [-0.05, 0) is 55.7 Å². The first kappa shape index (κ1) is 16.0.